The number of rotatable bonds is 9. The molecule has 1 aliphatic rings. The van der Waals surface area contributed by atoms with Crippen LogP contribution in [-0.4, -0.2) is 62.5 Å². The Bertz CT molecular complexity index is 1010. The third kappa shape index (κ3) is 6.97. The summed E-state index contributed by atoms with van der Waals surface area (Å²) < 4.78 is 10.4. The average molecular weight is 482 g/mol. The summed E-state index contributed by atoms with van der Waals surface area (Å²) in [5.74, 6) is 0.896. The van der Waals surface area contributed by atoms with E-state index >= 15 is 0 Å². The quantitative estimate of drug-likeness (QED) is 0.574. The molecule has 0 radical (unpaired) electrons. The Hall–Kier alpha value is -3.55. The molecule has 3 amide bonds. The van der Waals surface area contributed by atoms with Crippen LogP contribution in [0.1, 0.15) is 47.4 Å². The van der Waals surface area contributed by atoms with E-state index in [0.717, 1.165) is 0 Å². The van der Waals surface area contributed by atoms with Crippen LogP contribution < -0.4 is 20.1 Å². The number of hydrogen-bond donors (Lipinski definition) is 2. The van der Waals surface area contributed by atoms with Gasteiger partial charge in [0.2, 0.25) is 5.91 Å². The minimum absolute atomic E-state index is 0.0488. The molecular formula is C27H35N3O5. The number of methoxy groups -OCH3 is 2. The van der Waals surface area contributed by atoms with Crippen molar-refractivity contribution in [3.05, 3.63) is 59.7 Å². The minimum Gasteiger partial charge on any atom is -0.497 e. The Balaban J connectivity index is 1.68. The summed E-state index contributed by atoms with van der Waals surface area (Å²) >= 11 is 0. The van der Waals surface area contributed by atoms with Crippen molar-refractivity contribution in [1.82, 2.24) is 15.5 Å². The molecular weight excluding hydrogens is 446 g/mol. The van der Waals surface area contributed by atoms with Crippen molar-refractivity contribution in [2.45, 2.75) is 32.7 Å². The maximum atomic E-state index is 13.1. The lowest BCUT2D eigenvalue weighted by molar-refractivity contribution is -0.124. The lowest BCUT2D eigenvalue weighted by atomic mass is 9.88. The maximum absolute atomic E-state index is 13.1. The number of ether oxygens (including phenoxy) is 2. The van der Waals surface area contributed by atoms with E-state index in [1.165, 1.54) is 0 Å². The maximum Gasteiger partial charge on any atom is 0.253 e. The molecule has 8 heteroatoms. The summed E-state index contributed by atoms with van der Waals surface area (Å²) in [6.07, 6.45) is 1.22. The summed E-state index contributed by atoms with van der Waals surface area (Å²) in [7, 11) is 3.13. The Morgan fingerprint density at radius 1 is 0.943 bits per heavy atom. The van der Waals surface area contributed by atoms with Crippen molar-refractivity contribution >= 4 is 17.7 Å². The molecule has 1 heterocycles. The molecule has 2 N–H and O–H groups in total. The van der Waals surface area contributed by atoms with Gasteiger partial charge >= 0.3 is 0 Å². The van der Waals surface area contributed by atoms with E-state index in [0.29, 0.717) is 55.1 Å². The molecule has 0 saturated carbocycles. The van der Waals surface area contributed by atoms with Gasteiger partial charge in [-0.15, -0.1) is 0 Å². The number of nitrogens with one attached hydrogen (secondary N) is 2. The van der Waals surface area contributed by atoms with Crippen LogP contribution in [0.4, 0.5) is 0 Å². The van der Waals surface area contributed by atoms with Gasteiger partial charge in [-0.05, 0) is 67.1 Å². The topological polar surface area (TPSA) is 97.0 Å². The molecule has 2 aromatic rings. The molecule has 1 atom stereocenters. The highest BCUT2D eigenvalue weighted by Crippen LogP contribution is 2.24. The number of amides is 3. The Labute approximate surface area is 207 Å². The summed E-state index contributed by atoms with van der Waals surface area (Å²) in [6, 6.07) is 13.2. The van der Waals surface area contributed by atoms with Crippen LogP contribution in [0.15, 0.2) is 48.5 Å². The normalized spacial score (nSPS) is 14.8. The molecule has 3 rings (SSSR count). The molecule has 1 aliphatic heterocycles. The minimum atomic E-state index is -0.689. The van der Waals surface area contributed by atoms with Crippen molar-refractivity contribution in [1.29, 1.82) is 0 Å². The van der Waals surface area contributed by atoms with Gasteiger partial charge in [0.15, 0.2) is 0 Å². The van der Waals surface area contributed by atoms with Crippen LogP contribution in [-0.2, 0) is 4.79 Å². The van der Waals surface area contributed by atoms with E-state index in [2.05, 4.69) is 10.6 Å². The molecule has 1 saturated heterocycles. The SMILES string of the molecule is COc1ccc(C(=O)N2CCC([C@H](NC(=O)c3cccc(OC)c3)C(=O)NCC(C)C)CC2)cc1. The van der Waals surface area contributed by atoms with Gasteiger partial charge in [0, 0.05) is 30.8 Å². The number of carbonyl (C=O) groups is 3. The predicted octanol–water partition coefficient (Wildman–Crippen LogP) is 3.13. The number of likely N-dealkylation sites (tertiary alicyclic amines) is 1. The van der Waals surface area contributed by atoms with E-state index < -0.39 is 6.04 Å². The molecule has 188 valence electrons. The van der Waals surface area contributed by atoms with Crippen LogP contribution in [0.25, 0.3) is 0 Å². The van der Waals surface area contributed by atoms with E-state index in [-0.39, 0.29) is 29.6 Å². The first-order chi connectivity index (χ1) is 16.8. The lowest BCUT2D eigenvalue weighted by Crippen LogP contribution is -2.54. The highest BCUT2D eigenvalue weighted by atomic mass is 16.5. The van der Waals surface area contributed by atoms with Gasteiger partial charge in [-0.3, -0.25) is 14.4 Å². The van der Waals surface area contributed by atoms with Crippen molar-refractivity contribution in [2.24, 2.45) is 11.8 Å². The highest BCUT2D eigenvalue weighted by molar-refractivity contribution is 5.98. The second-order valence-corrected chi connectivity index (χ2v) is 9.18. The van der Waals surface area contributed by atoms with Crippen LogP contribution >= 0.6 is 0 Å². The first-order valence-corrected chi connectivity index (χ1v) is 12.0. The molecule has 2 aromatic carbocycles. The largest absolute Gasteiger partial charge is 0.497 e. The van der Waals surface area contributed by atoms with E-state index in [1.54, 1.807) is 67.7 Å². The first kappa shape index (κ1) is 26.1. The van der Waals surface area contributed by atoms with Gasteiger partial charge in [-0.25, -0.2) is 0 Å². The van der Waals surface area contributed by atoms with Gasteiger partial charge in [0.05, 0.1) is 14.2 Å². The van der Waals surface area contributed by atoms with Crippen LogP contribution in [0.2, 0.25) is 0 Å². The molecule has 0 unspecified atom stereocenters. The van der Waals surface area contributed by atoms with E-state index in [4.69, 9.17) is 9.47 Å². The number of nitrogens with zero attached hydrogens (tertiary/aromatic N) is 1. The van der Waals surface area contributed by atoms with Crippen molar-refractivity contribution in [3.8, 4) is 11.5 Å². The van der Waals surface area contributed by atoms with Crippen LogP contribution in [0.5, 0.6) is 11.5 Å². The summed E-state index contributed by atoms with van der Waals surface area (Å²) in [5.41, 5.74) is 1.03. The second-order valence-electron chi connectivity index (χ2n) is 9.18. The summed E-state index contributed by atoms with van der Waals surface area (Å²) in [5, 5.41) is 5.90. The number of carbonyl (C=O) groups excluding carboxylic acids is 3. The third-order valence-electron chi connectivity index (χ3n) is 6.22. The zero-order chi connectivity index (χ0) is 25.4. The van der Waals surface area contributed by atoms with Gasteiger partial charge in [-0.1, -0.05) is 19.9 Å². The summed E-state index contributed by atoms with van der Waals surface area (Å²) in [6.45, 7) is 5.59. The van der Waals surface area contributed by atoms with Gasteiger partial charge in [0.1, 0.15) is 17.5 Å². The Kier molecular flexibility index (Phi) is 9.11. The average Bonchev–Trinajstić information content (AvgIpc) is 2.90. The fourth-order valence-electron chi connectivity index (χ4n) is 4.15. The monoisotopic (exact) mass is 481 g/mol. The molecule has 35 heavy (non-hydrogen) atoms. The molecule has 1 fully saturated rings. The fraction of sp³-hybridized carbons (Fsp3) is 0.444. The van der Waals surface area contributed by atoms with Gasteiger partial charge in [0.25, 0.3) is 11.8 Å². The van der Waals surface area contributed by atoms with Gasteiger partial charge < -0.3 is 25.0 Å². The second kappa shape index (κ2) is 12.2. The molecule has 8 nitrogen and oxygen atoms in total. The van der Waals surface area contributed by atoms with Crippen LogP contribution in [0, 0.1) is 11.8 Å². The highest BCUT2D eigenvalue weighted by Gasteiger charge is 2.34. The first-order valence-electron chi connectivity index (χ1n) is 12.0. The van der Waals surface area contributed by atoms with Crippen molar-refractivity contribution in [3.63, 3.8) is 0 Å². The van der Waals surface area contributed by atoms with Crippen molar-refractivity contribution < 1.29 is 23.9 Å². The Morgan fingerprint density at radius 3 is 2.20 bits per heavy atom. The third-order valence-corrected chi connectivity index (χ3v) is 6.22. The molecule has 0 bridgehead atoms. The predicted molar refractivity (Wildman–Crippen MR) is 134 cm³/mol. The number of piperidine rings is 1. The standard InChI is InChI=1S/C27H35N3O5/c1-18(2)17-28-26(32)24(29-25(31)21-6-5-7-23(16-21)35-4)19-12-14-30(15-13-19)27(33)20-8-10-22(34-3)11-9-20/h5-11,16,18-19,24H,12-15,17H2,1-4H3,(H,28,32)(H,29,31)/t24-/m0/s1. The van der Waals surface area contributed by atoms with Crippen molar-refractivity contribution in [2.75, 3.05) is 33.9 Å². The van der Waals surface area contributed by atoms with E-state index in [1.807, 2.05) is 13.8 Å². The van der Waals surface area contributed by atoms with Crippen LogP contribution in [0.3, 0.4) is 0 Å². The molecule has 0 aliphatic carbocycles. The van der Waals surface area contributed by atoms with Gasteiger partial charge in [-0.2, -0.15) is 0 Å². The molecule has 0 spiro atoms. The summed E-state index contributed by atoms with van der Waals surface area (Å²) in [4.78, 5) is 40.8. The Morgan fingerprint density at radius 2 is 1.60 bits per heavy atom. The zero-order valence-electron chi connectivity index (χ0n) is 20.9. The van der Waals surface area contributed by atoms with E-state index in [9.17, 15) is 14.4 Å². The lowest BCUT2D eigenvalue weighted by Gasteiger charge is -2.36. The number of hydrogen-bond acceptors (Lipinski definition) is 5. The molecule has 0 aromatic heterocycles. The number of benzene rings is 2. The smallest absolute Gasteiger partial charge is 0.253 e. The zero-order valence-corrected chi connectivity index (χ0v) is 20.9. The fourth-order valence-corrected chi connectivity index (χ4v) is 4.15.